The van der Waals surface area contributed by atoms with Crippen LogP contribution in [-0.2, 0) is 4.79 Å². The fourth-order valence-corrected chi connectivity index (χ4v) is 4.43. The minimum Gasteiger partial charge on any atom is -0.507 e. The highest BCUT2D eigenvalue weighted by Gasteiger charge is 2.55. The Labute approximate surface area is 186 Å². The van der Waals surface area contributed by atoms with Gasteiger partial charge < -0.3 is 41.8 Å². The maximum atomic E-state index is 12.1. The zero-order valence-electron chi connectivity index (χ0n) is 18.2. The van der Waals surface area contributed by atoms with Crippen LogP contribution in [-0.4, -0.2) is 88.5 Å². The first-order valence-electron chi connectivity index (χ1n) is 10.6. The molecule has 3 unspecified atom stereocenters. The van der Waals surface area contributed by atoms with Crippen LogP contribution in [0.15, 0.2) is 12.1 Å². The molecule has 176 valence electrons. The molecule has 1 aromatic rings. The lowest BCUT2D eigenvalue weighted by Crippen LogP contribution is -2.64. The first kappa shape index (κ1) is 24.3. The zero-order chi connectivity index (χ0) is 23.8. The Balaban J connectivity index is 1.64. The number of ether oxygens (including phenoxy) is 1. The number of phenols is 1. The van der Waals surface area contributed by atoms with Crippen molar-refractivity contribution in [3.8, 4) is 11.5 Å². The topological polar surface area (TPSA) is 192 Å². The lowest BCUT2D eigenvalue weighted by atomic mass is 9.80. The van der Waals surface area contributed by atoms with E-state index in [-0.39, 0.29) is 35.2 Å². The Morgan fingerprint density at radius 2 is 2.00 bits per heavy atom. The van der Waals surface area contributed by atoms with Gasteiger partial charge in [0.25, 0.3) is 0 Å². The zero-order valence-corrected chi connectivity index (χ0v) is 18.2. The minimum absolute atomic E-state index is 0.0361. The lowest BCUT2D eigenvalue weighted by molar-refractivity contribution is -0.127. The van der Waals surface area contributed by atoms with E-state index in [0.717, 1.165) is 0 Å². The van der Waals surface area contributed by atoms with E-state index in [0.29, 0.717) is 38.3 Å². The second-order valence-corrected chi connectivity index (χ2v) is 8.95. The van der Waals surface area contributed by atoms with Crippen molar-refractivity contribution in [1.29, 1.82) is 0 Å². The van der Waals surface area contributed by atoms with Crippen LogP contribution in [0.1, 0.15) is 35.7 Å². The monoisotopic (exact) mass is 450 g/mol. The van der Waals surface area contributed by atoms with Gasteiger partial charge in [0.1, 0.15) is 28.7 Å². The van der Waals surface area contributed by atoms with E-state index in [4.69, 9.17) is 16.2 Å². The molecular weight excluding hydrogens is 419 g/mol. The average Bonchev–Trinajstić information content (AvgIpc) is 3.34. The van der Waals surface area contributed by atoms with E-state index >= 15 is 0 Å². The quantitative estimate of drug-likeness (QED) is 0.207. The van der Waals surface area contributed by atoms with Crippen LogP contribution < -0.4 is 21.5 Å². The van der Waals surface area contributed by atoms with Gasteiger partial charge in [-0.05, 0) is 30.4 Å². The van der Waals surface area contributed by atoms with Crippen LogP contribution in [0.25, 0.3) is 0 Å². The molecule has 3 rings (SSSR count). The van der Waals surface area contributed by atoms with Gasteiger partial charge in [-0.1, -0.05) is 13.0 Å². The summed E-state index contributed by atoms with van der Waals surface area (Å²) in [4.78, 5) is 25.9. The largest absolute Gasteiger partial charge is 0.507 e. The third-order valence-electron chi connectivity index (χ3n) is 6.25. The number of carboxylic acids is 1. The molecule has 9 N–H and O–H groups in total. The number of aromatic hydroxyl groups is 1. The molecule has 2 fully saturated rings. The summed E-state index contributed by atoms with van der Waals surface area (Å²) in [5.41, 5.74) is 10.4. The van der Waals surface area contributed by atoms with Crippen molar-refractivity contribution in [3.05, 3.63) is 23.3 Å². The summed E-state index contributed by atoms with van der Waals surface area (Å²) in [5, 5.41) is 41.8. The lowest BCUT2D eigenvalue weighted by Gasteiger charge is -2.42. The molecule has 1 heterocycles. The molecule has 1 aliphatic heterocycles. The standard InChI is InChI=1S/C20H31BN4O7/c1-10-14(16(10)21(30)31)12-3-4-13(15(17(12)26)18(27)28)32-11-7-25(8-11)9-20(2,23)19(29)24-6-5-22/h3-4,10-11,14,16,26,30-31H,5-9,22-23H2,1-2H3,(H,24,29)(H,27,28)/t10?,14?,16?,20-/m0/s1. The summed E-state index contributed by atoms with van der Waals surface area (Å²) in [5.74, 6) is -2.91. The molecule has 0 aromatic heterocycles. The second-order valence-electron chi connectivity index (χ2n) is 8.95. The van der Waals surface area contributed by atoms with Gasteiger partial charge in [0.05, 0.1) is 0 Å². The number of nitrogens with two attached hydrogens (primary N) is 2. The first-order chi connectivity index (χ1) is 15.0. The number of carbonyl (C=O) groups excluding carboxylic acids is 1. The molecule has 1 amide bonds. The third-order valence-corrected chi connectivity index (χ3v) is 6.25. The molecule has 1 saturated heterocycles. The van der Waals surface area contributed by atoms with E-state index in [1.807, 2.05) is 11.8 Å². The molecule has 0 spiro atoms. The van der Waals surface area contributed by atoms with Gasteiger partial charge in [-0.25, -0.2) is 4.79 Å². The predicted molar refractivity (Wildman–Crippen MR) is 116 cm³/mol. The fourth-order valence-electron chi connectivity index (χ4n) is 4.43. The molecule has 0 radical (unpaired) electrons. The molecule has 0 bridgehead atoms. The van der Waals surface area contributed by atoms with Crippen molar-refractivity contribution in [3.63, 3.8) is 0 Å². The number of carbonyl (C=O) groups is 2. The van der Waals surface area contributed by atoms with Gasteiger partial charge >= 0.3 is 13.1 Å². The first-order valence-corrected chi connectivity index (χ1v) is 10.6. The number of likely N-dealkylation sites (tertiary alicyclic amines) is 1. The van der Waals surface area contributed by atoms with Crippen molar-refractivity contribution in [1.82, 2.24) is 10.2 Å². The Hall–Kier alpha value is -2.38. The maximum Gasteiger partial charge on any atom is 0.455 e. The van der Waals surface area contributed by atoms with Gasteiger partial charge in [-0.2, -0.15) is 0 Å². The van der Waals surface area contributed by atoms with Gasteiger partial charge in [0, 0.05) is 38.5 Å². The number of carboxylic acid groups (broad SMARTS) is 1. The van der Waals surface area contributed by atoms with Crippen LogP contribution in [0.5, 0.6) is 11.5 Å². The molecule has 11 nitrogen and oxygen atoms in total. The SMILES string of the molecule is CC1C(B(O)O)C1c1ccc(OC2CN(C[C@](C)(N)C(=O)NCCN)C2)c(C(=O)O)c1O. The van der Waals surface area contributed by atoms with Gasteiger partial charge in [0.15, 0.2) is 0 Å². The summed E-state index contributed by atoms with van der Waals surface area (Å²) in [6.07, 6.45) is -0.326. The summed E-state index contributed by atoms with van der Waals surface area (Å²) < 4.78 is 5.81. The summed E-state index contributed by atoms with van der Waals surface area (Å²) >= 11 is 0. The number of amides is 1. The second kappa shape index (κ2) is 9.24. The fraction of sp³-hybridized carbons (Fsp3) is 0.600. The normalized spacial score (nSPS) is 24.9. The van der Waals surface area contributed by atoms with Gasteiger partial charge in [-0.15, -0.1) is 0 Å². The highest BCUT2D eigenvalue weighted by atomic mass is 16.5. The number of benzene rings is 1. The number of nitrogens with one attached hydrogen (secondary N) is 1. The van der Waals surface area contributed by atoms with Crippen molar-refractivity contribution < 1.29 is 34.6 Å². The summed E-state index contributed by atoms with van der Waals surface area (Å²) in [6.45, 7) is 5.27. The minimum atomic E-state index is -1.54. The Morgan fingerprint density at radius 3 is 2.53 bits per heavy atom. The van der Waals surface area contributed by atoms with Crippen molar-refractivity contribution in [2.75, 3.05) is 32.7 Å². The van der Waals surface area contributed by atoms with Crippen LogP contribution in [0.4, 0.5) is 0 Å². The Bertz CT molecular complexity index is 876. The van der Waals surface area contributed by atoms with Crippen LogP contribution in [0.3, 0.4) is 0 Å². The summed E-state index contributed by atoms with van der Waals surface area (Å²) in [7, 11) is -1.54. The highest BCUT2D eigenvalue weighted by Crippen LogP contribution is 2.61. The number of aromatic carboxylic acids is 1. The molecule has 4 atom stereocenters. The van der Waals surface area contributed by atoms with Crippen LogP contribution in [0, 0.1) is 5.92 Å². The van der Waals surface area contributed by atoms with E-state index in [2.05, 4.69) is 5.32 Å². The molecular formula is C20H31BN4O7. The predicted octanol–water partition coefficient (Wildman–Crippen LogP) is -1.48. The molecule has 1 aliphatic carbocycles. The highest BCUT2D eigenvalue weighted by molar-refractivity contribution is 6.45. The third kappa shape index (κ3) is 4.84. The van der Waals surface area contributed by atoms with E-state index in [1.165, 1.54) is 6.07 Å². The molecule has 1 aromatic carbocycles. The van der Waals surface area contributed by atoms with Gasteiger partial charge in [0.2, 0.25) is 5.91 Å². The summed E-state index contributed by atoms with van der Waals surface area (Å²) in [6, 6.07) is 3.05. The van der Waals surface area contributed by atoms with Crippen molar-refractivity contribution in [2.45, 2.75) is 37.2 Å². The van der Waals surface area contributed by atoms with E-state index < -0.39 is 30.2 Å². The number of nitrogens with zero attached hydrogens (tertiary/aromatic N) is 1. The van der Waals surface area contributed by atoms with Crippen LogP contribution in [0.2, 0.25) is 5.82 Å². The van der Waals surface area contributed by atoms with Gasteiger partial charge in [-0.3, -0.25) is 9.69 Å². The molecule has 1 saturated carbocycles. The number of rotatable bonds is 10. The van der Waals surface area contributed by atoms with Crippen molar-refractivity contribution >= 4 is 19.0 Å². The Morgan fingerprint density at radius 1 is 1.34 bits per heavy atom. The Kier molecular flexibility index (Phi) is 7.01. The van der Waals surface area contributed by atoms with E-state index in [1.54, 1.807) is 13.0 Å². The average molecular weight is 450 g/mol. The number of hydrogen-bond acceptors (Lipinski definition) is 9. The molecule has 2 aliphatic rings. The van der Waals surface area contributed by atoms with E-state index in [9.17, 15) is 29.9 Å². The maximum absolute atomic E-state index is 12.1. The smallest absolute Gasteiger partial charge is 0.455 e. The van der Waals surface area contributed by atoms with Crippen molar-refractivity contribution in [2.24, 2.45) is 17.4 Å². The number of hydrogen-bond donors (Lipinski definition) is 7. The molecule has 32 heavy (non-hydrogen) atoms. The van der Waals surface area contributed by atoms with Crippen LogP contribution >= 0.6 is 0 Å². The molecule has 12 heteroatoms.